The van der Waals surface area contributed by atoms with Crippen molar-refractivity contribution in [1.82, 2.24) is 0 Å². The lowest BCUT2D eigenvalue weighted by molar-refractivity contribution is -0.152. The van der Waals surface area contributed by atoms with Crippen molar-refractivity contribution in [3.63, 3.8) is 0 Å². The molecule has 0 bridgehead atoms. The number of benzene rings is 2. The molecule has 2 aromatic rings. The van der Waals surface area contributed by atoms with Crippen LogP contribution in [0.5, 0.6) is 11.5 Å². The average molecular weight is 477 g/mol. The smallest absolute Gasteiger partial charge is 0.335 e. The molecule has 0 fully saturated rings. The number of rotatable bonds is 10. The summed E-state index contributed by atoms with van der Waals surface area (Å²) in [6, 6.07) is 13.9. The van der Waals surface area contributed by atoms with Gasteiger partial charge >= 0.3 is 5.97 Å². The van der Waals surface area contributed by atoms with Gasteiger partial charge in [0.25, 0.3) is 0 Å². The molecule has 2 atom stereocenters. The first kappa shape index (κ1) is 23.7. The number of hydrogen-bond donors (Lipinski definition) is 3. The maximum atomic E-state index is 11.8. The highest BCUT2D eigenvalue weighted by molar-refractivity contribution is 9.10. The summed E-state index contributed by atoms with van der Waals surface area (Å²) in [5, 5.41) is 30.4. The van der Waals surface area contributed by atoms with E-state index in [0.717, 1.165) is 4.47 Å². The van der Waals surface area contributed by atoms with Gasteiger partial charge in [0, 0.05) is 28.5 Å². The van der Waals surface area contributed by atoms with E-state index in [1.165, 1.54) is 6.07 Å². The number of aliphatic hydroxyl groups excluding tert-OH is 2. The second-order valence-electron chi connectivity index (χ2n) is 6.48. The minimum absolute atomic E-state index is 0.00607. The Morgan fingerprint density at radius 1 is 1.20 bits per heavy atom. The Bertz CT molecular complexity index is 890. The topological polar surface area (TPSA) is 96.2 Å². The number of hydrogen-bond acceptors (Lipinski definition) is 6. The van der Waals surface area contributed by atoms with Crippen LogP contribution >= 0.6 is 15.9 Å². The molecule has 0 aromatic heterocycles. The number of para-hydroxylation sites is 1. The molecule has 7 heteroatoms. The second kappa shape index (κ2) is 12.2. The second-order valence-corrected chi connectivity index (χ2v) is 7.40. The zero-order chi connectivity index (χ0) is 21.9. The van der Waals surface area contributed by atoms with Gasteiger partial charge in [0.15, 0.2) is 6.10 Å². The third-order valence-corrected chi connectivity index (χ3v) is 4.64. The molecule has 2 aromatic carbocycles. The number of carbonyl (C=O) groups is 1. The van der Waals surface area contributed by atoms with Crippen LogP contribution in [0.4, 0.5) is 0 Å². The molecule has 160 valence electrons. The van der Waals surface area contributed by atoms with Crippen LogP contribution in [0.1, 0.15) is 31.4 Å². The van der Waals surface area contributed by atoms with E-state index in [2.05, 4.69) is 21.7 Å². The Morgan fingerprint density at radius 3 is 2.63 bits per heavy atom. The number of carbonyl (C=O) groups excluding carboxylic acids is 1. The molecular formula is C23H25BrO6. The molecule has 0 saturated heterocycles. The van der Waals surface area contributed by atoms with E-state index in [-0.39, 0.29) is 31.8 Å². The largest absolute Gasteiger partial charge is 0.508 e. The standard InChI is InChI=1S/C23H25BrO6/c1-2-29-23(28)22(27)13-16(15-30-18-8-4-3-5-9-18)7-6-10-20(25)19-14-17(24)11-12-21(19)26/h3-6,8-9,11-12,14,20,22,25-27H,2,10,13,15H2,1H3/t7?,20-,22-/m1/s1. The number of esters is 1. The van der Waals surface area contributed by atoms with Gasteiger partial charge in [-0.1, -0.05) is 34.1 Å². The first-order valence-electron chi connectivity index (χ1n) is 9.52. The van der Waals surface area contributed by atoms with Crippen LogP contribution in [0.2, 0.25) is 0 Å². The normalized spacial score (nSPS) is 12.4. The van der Waals surface area contributed by atoms with Crippen molar-refractivity contribution in [1.29, 1.82) is 0 Å². The van der Waals surface area contributed by atoms with Gasteiger partial charge in [0.1, 0.15) is 18.1 Å². The Balaban J connectivity index is 2.13. The highest BCUT2D eigenvalue weighted by Gasteiger charge is 2.18. The lowest BCUT2D eigenvalue weighted by Gasteiger charge is -2.13. The molecule has 30 heavy (non-hydrogen) atoms. The lowest BCUT2D eigenvalue weighted by Crippen LogP contribution is -2.24. The van der Waals surface area contributed by atoms with Crippen LogP contribution in [0.3, 0.4) is 0 Å². The van der Waals surface area contributed by atoms with E-state index in [1.807, 2.05) is 18.2 Å². The van der Waals surface area contributed by atoms with E-state index in [9.17, 15) is 20.1 Å². The van der Waals surface area contributed by atoms with Crippen LogP contribution in [0.15, 0.2) is 70.4 Å². The van der Waals surface area contributed by atoms with Crippen molar-refractivity contribution in [2.45, 2.75) is 32.0 Å². The maximum absolute atomic E-state index is 11.8. The lowest BCUT2D eigenvalue weighted by atomic mass is 10.0. The summed E-state index contributed by atoms with van der Waals surface area (Å²) >= 11 is 3.31. The third kappa shape index (κ3) is 7.69. The van der Waals surface area contributed by atoms with Gasteiger partial charge in [-0.05, 0) is 43.3 Å². The molecule has 0 unspecified atom stereocenters. The highest BCUT2D eigenvalue weighted by Crippen LogP contribution is 2.29. The van der Waals surface area contributed by atoms with Gasteiger partial charge in [-0.15, -0.1) is 5.73 Å². The molecule has 0 spiro atoms. The van der Waals surface area contributed by atoms with E-state index in [1.54, 1.807) is 37.3 Å². The number of halogens is 1. The molecule has 3 N–H and O–H groups in total. The van der Waals surface area contributed by atoms with Gasteiger partial charge in [-0.25, -0.2) is 4.79 Å². The molecule has 0 saturated carbocycles. The molecule has 0 aliphatic heterocycles. The Hall–Kier alpha value is -2.57. The summed E-state index contributed by atoms with van der Waals surface area (Å²) in [6.07, 6.45) is -0.526. The average Bonchev–Trinajstić information content (AvgIpc) is 2.74. The van der Waals surface area contributed by atoms with Crippen molar-refractivity contribution in [2.24, 2.45) is 0 Å². The van der Waals surface area contributed by atoms with Gasteiger partial charge in [-0.3, -0.25) is 0 Å². The molecule has 6 nitrogen and oxygen atoms in total. The molecule has 0 aliphatic rings. The Morgan fingerprint density at radius 2 is 1.93 bits per heavy atom. The Labute approximate surface area is 184 Å². The summed E-state index contributed by atoms with van der Waals surface area (Å²) in [5.74, 6) is -0.0782. The van der Waals surface area contributed by atoms with Crippen LogP contribution in [0, 0.1) is 0 Å². The predicted molar refractivity (Wildman–Crippen MR) is 116 cm³/mol. The monoisotopic (exact) mass is 476 g/mol. The molecule has 0 heterocycles. The quantitative estimate of drug-likeness (QED) is 0.353. The fourth-order valence-corrected chi connectivity index (χ4v) is 3.01. The number of phenolic OH excluding ortho intramolecular Hbond substituents is 1. The van der Waals surface area contributed by atoms with E-state index < -0.39 is 18.2 Å². The zero-order valence-corrected chi connectivity index (χ0v) is 18.2. The predicted octanol–water partition coefficient (Wildman–Crippen LogP) is 4.05. The summed E-state index contributed by atoms with van der Waals surface area (Å²) in [6.45, 7) is 1.95. The van der Waals surface area contributed by atoms with Gasteiger partial charge in [0.05, 0.1) is 12.7 Å². The van der Waals surface area contributed by atoms with Crippen molar-refractivity contribution < 1.29 is 29.6 Å². The first-order chi connectivity index (χ1) is 14.4. The molecule has 0 amide bonds. The molecular weight excluding hydrogens is 452 g/mol. The van der Waals surface area contributed by atoms with Crippen molar-refractivity contribution in [2.75, 3.05) is 13.2 Å². The van der Waals surface area contributed by atoms with Crippen molar-refractivity contribution in [3.05, 3.63) is 75.9 Å². The van der Waals surface area contributed by atoms with Crippen molar-refractivity contribution in [3.8, 4) is 11.5 Å². The van der Waals surface area contributed by atoms with Crippen molar-refractivity contribution >= 4 is 21.9 Å². The number of ether oxygens (including phenoxy) is 2. The van der Waals surface area contributed by atoms with E-state index >= 15 is 0 Å². The highest BCUT2D eigenvalue weighted by atomic mass is 79.9. The summed E-state index contributed by atoms with van der Waals surface area (Å²) in [4.78, 5) is 11.8. The number of aromatic hydroxyl groups is 1. The number of aliphatic hydroxyl groups is 2. The summed E-state index contributed by atoms with van der Waals surface area (Å²) < 4.78 is 11.3. The van der Waals surface area contributed by atoms with Crippen LogP contribution in [-0.2, 0) is 9.53 Å². The van der Waals surface area contributed by atoms with Gasteiger partial charge < -0.3 is 24.8 Å². The molecule has 2 rings (SSSR count). The fourth-order valence-electron chi connectivity index (χ4n) is 2.64. The molecule has 0 radical (unpaired) electrons. The van der Waals surface area contributed by atoms with E-state index in [0.29, 0.717) is 16.9 Å². The maximum Gasteiger partial charge on any atom is 0.335 e. The van der Waals surface area contributed by atoms with Gasteiger partial charge in [-0.2, -0.15) is 0 Å². The molecule has 0 aliphatic carbocycles. The number of phenols is 1. The third-order valence-electron chi connectivity index (χ3n) is 4.15. The van der Waals surface area contributed by atoms with E-state index in [4.69, 9.17) is 9.47 Å². The first-order valence-corrected chi connectivity index (χ1v) is 10.3. The van der Waals surface area contributed by atoms with Gasteiger partial charge in [0.2, 0.25) is 0 Å². The van der Waals surface area contributed by atoms with Crippen LogP contribution in [-0.4, -0.2) is 40.6 Å². The van der Waals surface area contributed by atoms with Crippen LogP contribution < -0.4 is 4.74 Å². The minimum atomic E-state index is -1.33. The zero-order valence-electron chi connectivity index (χ0n) is 16.6. The summed E-state index contributed by atoms with van der Waals surface area (Å²) in [5.41, 5.74) is 3.92. The minimum Gasteiger partial charge on any atom is -0.508 e. The SMILES string of the molecule is CCOC(=O)[C@H](O)CC(=C=CC[C@@H](O)c1cc(Br)ccc1O)COc1ccccc1. The summed E-state index contributed by atoms with van der Waals surface area (Å²) in [7, 11) is 0. The van der Waals surface area contributed by atoms with Crippen LogP contribution in [0.25, 0.3) is 0 Å². The fraction of sp³-hybridized carbons (Fsp3) is 0.304. The Kier molecular flexibility index (Phi) is 9.64.